The predicted molar refractivity (Wildman–Crippen MR) is 104 cm³/mol. The first-order chi connectivity index (χ1) is 14.5. The summed E-state index contributed by atoms with van der Waals surface area (Å²) < 4.78 is 97.0. The fourth-order valence-corrected chi connectivity index (χ4v) is 3.26. The molecule has 0 radical (unpaired) electrons. The van der Waals surface area contributed by atoms with Crippen molar-refractivity contribution in [1.29, 1.82) is 0 Å². The van der Waals surface area contributed by atoms with Gasteiger partial charge < -0.3 is 14.2 Å². The molecule has 0 aliphatic carbocycles. The normalized spacial score (nSPS) is 12.8. The van der Waals surface area contributed by atoms with Crippen molar-refractivity contribution >= 4 is 15.9 Å². The van der Waals surface area contributed by atoms with E-state index in [4.69, 9.17) is 4.74 Å². The van der Waals surface area contributed by atoms with Gasteiger partial charge >= 0.3 is 12.4 Å². The Morgan fingerprint density at radius 2 is 1.68 bits per heavy atom. The van der Waals surface area contributed by atoms with Crippen LogP contribution in [0, 0.1) is 0 Å². The number of alkyl halides is 7. The molecule has 0 aliphatic heterocycles. The van der Waals surface area contributed by atoms with Crippen molar-refractivity contribution in [2.45, 2.75) is 43.0 Å². The second-order valence-corrected chi connectivity index (χ2v) is 7.06. The highest BCUT2D eigenvalue weighted by atomic mass is 79.9. The molecule has 0 saturated carbocycles. The number of pyridine rings is 1. The van der Waals surface area contributed by atoms with Crippen molar-refractivity contribution in [3.05, 3.63) is 53.2 Å². The van der Waals surface area contributed by atoms with Crippen molar-refractivity contribution in [1.82, 2.24) is 4.98 Å². The van der Waals surface area contributed by atoms with E-state index in [9.17, 15) is 26.3 Å². The minimum absolute atomic E-state index is 0.106. The molecule has 11 heteroatoms. The van der Waals surface area contributed by atoms with Crippen molar-refractivity contribution in [3.63, 3.8) is 0 Å². The van der Waals surface area contributed by atoms with E-state index in [1.807, 2.05) is 0 Å². The summed E-state index contributed by atoms with van der Waals surface area (Å²) in [5.41, 5.74) is -4.86. The molecule has 2 rings (SSSR count). The Morgan fingerprint density at radius 1 is 1.00 bits per heavy atom. The van der Waals surface area contributed by atoms with Crippen molar-refractivity contribution in [2.24, 2.45) is 0 Å². The van der Waals surface area contributed by atoms with Gasteiger partial charge in [0.15, 0.2) is 0 Å². The number of benzene rings is 1. The number of halogens is 7. The van der Waals surface area contributed by atoms with Gasteiger partial charge in [-0.2, -0.15) is 26.3 Å². The van der Waals surface area contributed by atoms with E-state index in [1.165, 1.54) is 6.07 Å². The van der Waals surface area contributed by atoms with Gasteiger partial charge in [0.1, 0.15) is 12.5 Å². The van der Waals surface area contributed by atoms with Crippen molar-refractivity contribution in [2.75, 3.05) is 13.9 Å². The Balaban J connectivity index is 2.60. The molecular formula is C20H20BrF6NO3. The first-order valence-electron chi connectivity index (χ1n) is 9.09. The molecular weight excluding hydrogens is 496 g/mol. The maximum atomic E-state index is 13.8. The molecule has 0 fully saturated rings. The Morgan fingerprint density at radius 3 is 2.23 bits per heavy atom. The summed E-state index contributed by atoms with van der Waals surface area (Å²) in [6.07, 6.45) is -10.9. The molecule has 1 heterocycles. The fourth-order valence-electron chi connectivity index (χ4n) is 2.95. The number of hydrogen-bond acceptors (Lipinski definition) is 4. The number of aryl methyl sites for hydroxylation is 1. The predicted octanol–water partition coefficient (Wildman–Crippen LogP) is 6.66. The zero-order valence-corrected chi connectivity index (χ0v) is 18.2. The van der Waals surface area contributed by atoms with Gasteiger partial charge in [-0.3, -0.25) is 0 Å². The molecule has 0 spiro atoms. The number of hydrogen-bond donors (Lipinski definition) is 0. The SMILES string of the molecule is CCCc1cc(C(OCOC)(C(F)(F)F)C(F)(F)F)ccc1Oc1cccc(CBr)n1. The standard InChI is InChI=1S/C20H20BrF6NO3/c1-3-5-13-10-14(18(19(22,23)24,20(25,26)27)30-12-29-2)8-9-16(13)31-17-7-4-6-15(11-21)28-17/h4,6-10H,3,5,11-12H2,1-2H3. The van der Waals surface area contributed by atoms with Crippen molar-refractivity contribution in [3.8, 4) is 11.6 Å². The van der Waals surface area contributed by atoms with Gasteiger partial charge in [0.2, 0.25) is 5.88 Å². The summed E-state index contributed by atoms with van der Waals surface area (Å²) in [7, 11) is 0.936. The molecule has 0 saturated heterocycles. The highest BCUT2D eigenvalue weighted by molar-refractivity contribution is 9.08. The van der Waals surface area contributed by atoms with Crippen LogP contribution < -0.4 is 4.74 Å². The number of rotatable bonds is 9. The van der Waals surface area contributed by atoms with Gasteiger partial charge in [-0.05, 0) is 30.2 Å². The summed E-state index contributed by atoms with van der Waals surface area (Å²) in [5.74, 6) is 0.269. The third kappa shape index (κ3) is 5.50. The van der Waals surface area contributed by atoms with Crippen LogP contribution in [0.25, 0.3) is 0 Å². The third-order valence-electron chi connectivity index (χ3n) is 4.31. The van der Waals surface area contributed by atoms with Crippen LogP contribution in [0.2, 0.25) is 0 Å². The van der Waals surface area contributed by atoms with E-state index in [0.29, 0.717) is 23.5 Å². The Hall–Kier alpha value is -1.85. The minimum atomic E-state index is -5.79. The molecule has 0 aliphatic rings. The Kier molecular flexibility index (Phi) is 8.34. The molecule has 0 atom stereocenters. The topological polar surface area (TPSA) is 40.6 Å². The van der Waals surface area contributed by atoms with Crippen LogP contribution in [0.3, 0.4) is 0 Å². The Bertz CT molecular complexity index is 859. The molecule has 1 aromatic heterocycles. The summed E-state index contributed by atoms with van der Waals surface area (Å²) in [5, 5.41) is 0.446. The minimum Gasteiger partial charge on any atom is -0.439 e. The van der Waals surface area contributed by atoms with Gasteiger partial charge in [-0.25, -0.2) is 4.98 Å². The van der Waals surface area contributed by atoms with Crippen LogP contribution in [0.4, 0.5) is 26.3 Å². The number of methoxy groups -OCH3 is 1. The van der Waals surface area contributed by atoms with Crippen LogP contribution in [-0.2, 0) is 26.8 Å². The van der Waals surface area contributed by atoms with Gasteiger partial charge in [-0.15, -0.1) is 0 Å². The van der Waals surface area contributed by atoms with Crippen LogP contribution in [0.15, 0.2) is 36.4 Å². The molecule has 172 valence electrons. The van der Waals surface area contributed by atoms with Crippen LogP contribution >= 0.6 is 15.9 Å². The summed E-state index contributed by atoms with van der Waals surface area (Å²) in [6.45, 7) is 0.534. The monoisotopic (exact) mass is 515 g/mol. The van der Waals surface area contributed by atoms with Gasteiger partial charge in [0.25, 0.3) is 5.60 Å². The zero-order chi connectivity index (χ0) is 23.3. The lowest BCUT2D eigenvalue weighted by atomic mass is 9.89. The molecule has 1 aromatic carbocycles. The smallest absolute Gasteiger partial charge is 0.430 e. The first kappa shape index (κ1) is 25.4. The molecule has 31 heavy (non-hydrogen) atoms. The van der Waals surface area contributed by atoms with E-state index >= 15 is 0 Å². The number of aromatic nitrogens is 1. The van der Waals surface area contributed by atoms with Gasteiger partial charge in [0.05, 0.1) is 5.69 Å². The fraction of sp³-hybridized carbons (Fsp3) is 0.450. The van der Waals surface area contributed by atoms with E-state index < -0.39 is 30.3 Å². The van der Waals surface area contributed by atoms with Crippen LogP contribution in [0.1, 0.15) is 30.2 Å². The van der Waals surface area contributed by atoms with Crippen LogP contribution in [0.5, 0.6) is 11.6 Å². The summed E-state index contributed by atoms with van der Waals surface area (Å²) in [6, 6.07) is 7.50. The summed E-state index contributed by atoms with van der Waals surface area (Å²) in [4.78, 5) is 4.21. The second-order valence-electron chi connectivity index (χ2n) is 6.50. The summed E-state index contributed by atoms with van der Waals surface area (Å²) >= 11 is 3.25. The van der Waals surface area contributed by atoms with Gasteiger partial charge in [0, 0.05) is 24.1 Å². The van der Waals surface area contributed by atoms with Gasteiger partial charge in [-0.1, -0.05) is 41.4 Å². The lowest BCUT2D eigenvalue weighted by molar-refractivity contribution is -0.400. The van der Waals surface area contributed by atoms with Crippen LogP contribution in [-0.4, -0.2) is 31.2 Å². The molecule has 0 N–H and O–H groups in total. The average Bonchev–Trinajstić information content (AvgIpc) is 2.68. The highest BCUT2D eigenvalue weighted by Crippen LogP contribution is 2.53. The molecule has 0 amide bonds. The first-order valence-corrected chi connectivity index (χ1v) is 10.2. The lowest BCUT2D eigenvalue weighted by Crippen LogP contribution is -2.56. The van der Waals surface area contributed by atoms with E-state index in [0.717, 1.165) is 19.2 Å². The zero-order valence-electron chi connectivity index (χ0n) is 16.6. The maximum Gasteiger partial charge on any atom is 0.430 e. The average molecular weight is 516 g/mol. The van der Waals surface area contributed by atoms with E-state index in [-0.39, 0.29) is 23.6 Å². The molecule has 4 nitrogen and oxygen atoms in total. The third-order valence-corrected chi connectivity index (χ3v) is 4.89. The molecule has 2 aromatic rings. The Labute approximate surface area is 183 Å². The molecule has 0 bridgehead atoms. The second kappa shape index (κ2) is 10.2. The number of ether oxygens (including phenoxy) is 3. The maximum absolute atomic E-state index is 13.8. The quantitative estimate of drug-likeness (QED) is 0.212. The lowest BCUT2D eigenvalue weighted by Gasteiger charge is -2.37. The van der Waals surface area contributed by atoms with E-state index in [1.54, 1.807) is 19.1 Å². The molecule has 0 unspecified atom stereocenters. The largest absolute Gasteiger partial charge is 0.439 e. The number of nitrogens with zero attached hydrogens (tertiary/aromatic N) is 1. The van der Waals surface area contributed by atoms with Crippen molar-refractivity contribution < 1.29 is 40.6 Å². The van der Waals surface area contributed by atoms with E-state index in [2.05, 4.69) is 30.4 Å². The highest BCUT2D eigenvalue weighted by Gasteiger charge is 2.73.